The third kappa shape index (κ3) is 2.87. The van der Waals surface area contributed by atoms with Gasteiger partial charge in [0.15, 0.2) is 9.84 Å². The molecule has 2 rings (SSSR count). The fourth-order valence-electron chi connectivity index (χ4n) is 2.02. The lowest BCUT2D eigenvalue weighted by molar-refractivity contribution is 0.127. The van der Waals surface area contributed by atoms with Crippen molar-refractivity contribution in [3.05, 3.63) is 29.3 Å². The summed E-state index contributed by atoms with van der Waals surface area (Å²) in [7, 11) is -3.21. The van der Waals surface area contributed by atoms with Gasteiger partial charge >= 0.3 is 0 Å². The number of benzene rings is 1. The smallest absolute Gasteiger partial charge is 0.180 e. The maximum Gasteiger partial charge on any atom is 0.180 e. The van der Waals surface area contributed by atoms with Crippen LogP contribution >= 0.6 is 0 Å². The van der Waals surface area contributed by atoms with Crippen molar-refractivity contribution in [2.75, 3.05) is 12.4 Å². The predicted octanol–water partition coefficient (Wildman–Crippen LogP) is 2.26. The zero-order valence-electron chi connectivity index (χ0n) is 10.3. The Morgan fingerprint density at radius 1 is 1.29 bits per heavy atom. The summed E-state index contributed by atoms with van der Waals surface area (Å²) < 4.78 is 29.7. The molecule has 0 aromatic heterocycles. The Bertz CT molecular complexity index is 499. The van der Waals surface area contributed by atoms with Gasteiger partial charge in [0.25, 0.3) is 0 Å². The highest BCUT2D eigenvalue weighted by Crippen LogP contribution is 2.20. The minimum Gasteiger partial charge on any atom is -0.377 e. The zero-order valence-corrected chi connectivity index (χ0v) is 11.1. The van der Waals surface area contributed by atoms with Crippen LogP contribution in [-0.4, -0.2) is 26.9 Å². The van der Waals surface area contributed by atoms with E-state index in [-0.39, 0.29) is 11.9 Å². The highest BCUT2D eigenvalue weighted by atomic mass is 32.2. The van der Waals surface area contributed by atoms with E-state index in [1.54, 1.807) is 12.1 Å². The molecule has 0 amide bonds. The topological polar surface area (TPSA) is 43.4 Å². The average molecular weight is 254 g/mol. The van der Waals surface area contributed by atoms with Gasteiger partial charge < -0.3 is 4.74 Å². The zero-order chi connectivity index (χ0) is 12.5. The summed E-state index contributed by atoms with van der Waals surface area (Å²) in [5, 5.41) is 0. The van der Waals surface area contributed by atoms with Crippen molar-refractivity contribution in [1.82, 2.24) is 0 Å². The molecule has 0 aliphatic carbocycles. The van der Waals surface area contributed by atoms with Crippen molar-refractivity contribution in [3.63, 3.8) is 0 Å². The lowest BCUT2D eigenvalue weighted by Crippen LogP contribution is -2.20. The van der Waals surface area contributed by atoms with Gasteiger partial charge in [0.2, 0.25) is 0 Å². The Morgan fingerprint density at radius 3 is 2.65 bits per heavy atom. The van der Waals surface area contributed by atoms with Crippen molar-refractivity contribution in [3.8, 4) is 0 Å². The van der Waals surface area contributed by atoms with Crippen LogP contribution in [0, 0.1) is 13.8 Å². The first-order valence-electron chi connectivity index (χ1n) is 5.91. The molecule has 4 heteroatoms. The molecule has 1 heterocycles. The third-order valence-electron chi connectivity index (χ3n) is 3.27. The highest BCUT2D eigenvalue weighted by Gasteiger charge is 2.24. The van der Waals surface area contributed by atoms with Gasteiger partial charge in [-0.3, -0.25) is 0 Å². The summed E-state index contributed by atoms with van der Waals surface area (Å²) in [6.45, 7) is 4.60. The largest absolute Gasteiger partial charge is 0.377 e. The molecule has 94 valence electrons. The monoisotopic (exact) mass is 254 g/mol. The van der Waals surface area contributed by atoms with E-state index in [2.05, 4.69) is 0 Å². The van der Waals surface area contributed by atoms with E-state index in [1.807, 2.05) is 19.9 Å². The fraction of sp³-hybridized carbons (Fsp3) is 0.538. The normalized spacial score (nSPS) is 20.7. The van der Waals surface area contributed by atoms with Gasteiger partial charge in [0.1, 0.15) is 0 Å². The summed E-state index contributed by atoms with van der Waals surface area (Å²) in [6.07, 6.45) is 1.69. The van der Waals surface area contributed by atoms with Crippen LogP contribution in [0.3, 0.4) is 0 Å². The van der Waals surface area contributed by atoms with E-state index in [9.17, 15) is 8.42 Å². The molecular formula is C13H18O3S. The lowest BCUT2D eigenvalue weighted by Gasteiger charge is -2.11. The van der Waals surface area contributed by atoms with Crippen LogP contribution in [0.4, 0.5) is 0 Å². The first-order chi connectivity index (χ1) is 7.99. The van der Waals surface area contributed by atoms with Crippen molar-refractivity contribution >= 4 is 9.84 Å². The number of aryl methyl sites for hydroxylation is 2. The number of rotatable bonds is 3. The van der Waals surface area contributed by atoms with Crippen LogP contribution in [0.15, 0.2) is 23.1 Å². The second-order valence-corrected chi connectivity index (χ2v) is 6.70. The van der Waals surface area contributed by atoms with Crippen LogP contribution in [0.5, 0.6) is 0 Å². The summed E-state index contributed by atoms with van der Waals surface area (Å²) in [5.41, 5.74) is 2.12. The molecule has 1 fully saturated rings. The van der Waals surface area contributed by atoms with Gasteiger partial charge in [-0.15, -0.1) is 0 Å². The minimum absolute atomic E-state index is 0.107. The molecule has 1 aromatic rings. The molecule has 0 spiro atoms. The van der Waals surface area contributed by atoms with E-state index in [4.69, 9.17) is 4.74 Å². The molecule has 0 radical (unpaired) electrons. The van der Waals surface area contributed by atoms with Crippen molar-refractivity contribution < 1.29 is 13.2 Å². The molecule has 1 aromatic carbocycles. The standard InChI is InChI=1S/C13H18O3S/c1-10-5-6-13(8-11(10)2)17(14,15)9-12-4-3-7-16-12/h5-6,8,12H,3-4,7,9H2,1-2H3. The van der Waals surface area contributed by atoms with E-state index in [1.165, 1.54) is 0 Å². The Labute approximate surface area is 103 Å². The Hall–Kier alpha value is -0.870. The van der Waals surface area contributed by atoms with Crippen molar-refractivity contribution in [2.24, 2.45) is 0 Å². The Kier molecular flexibility index (Phi) is 3.54. The van der Waals surface area contributed by atoms with Crippen LogP contribution in [-0.2, 0) is 14.6 Å². The van der Waals surface area contributed by atoms with E-state index < -0.39 is 9.84 Å². The van der Waals surface area contributed by atoms with Crippen molar-refractivity contribution in [2.45, 2.75) is 37.7 Å². The molecular weight excluding hydrogens is 236 g/mol. The minimum atomic E-state index is -3.21. The molecule has 0 N–H and O–H groups in total. The molecule has 0 saturated carbocycles. The second kappa shape index (κ2) is 4.78. The SMILES string of the molecule is Cc1ccc(S(=O)(=O)CC2CCCO2)cc1C. The third-order valence-corrected chi connectivity index (χ3v) is 5.05. The van der Waals surface area contributed by atoms with E-state index >= 15 is 0 Å². The maximum atomic E-state index is 12.2. The highest BCUT2D eigenvalue weighted by molar-refractivity contribution is 7.91. The fourth-order valence-corrected chi connectivity index (χ4v) is 3.60. The second-order valence-electron chi connectivity index (χ2n) is 4.66. The van der Waals surface area contributed by atoms with Crippen LogP contribution in [0.1, 0.15) is 24.0 Å². The number of hydrogen-bond acceptors (Lipinski definition) is 3. The lowest BCUT2D eigenvalue weighted by atomic mass is 10.1. The van der Waals surface area contributed by atoms with Gasteiger partial charge in [-0.2, -0.15) is 0 Å². The molecule has 3 nitrogen and oxygen atoms in total. The van der Waals surface area contributed by atoms with Gasteiger partial charge in [-0.1, -0.05) is 6.07 Å². The summed E-state index contributed by atoms with van der Waals surface area (Å²) in [4.78, 5) is 0.413. The number of ether oxygens (including phenoxy) is 1. The van der Waals surface area contributed by atoms with Crippen molar-refractivity contribution in [1.29, 1.82) is 0 Å². The Balaban J connectivity index is 2.21. The molecule has 17 heavy (non-hydrogen) atoms. The van der Waals surface area contributed by atoms with Crippen LogP contribution in [0.25, 0.3) is 0 Å². The van der Waals surface area contributed by atoms with Gasteiger partial charge in [-0.05, 0) is 49.9 Å². The maximum absolute atomic E-state index is 12.2. The predicted molar refractivity (Wildman–Crippen MR) is 66.9 cm³/mol. The quantitative estimate of drug-likeness (QED) is 0.831. The van der Waals surface area contributed by atoms with Gasteiger partial charge in [0, 0.05) is 6.61 Å². The first-order valence-corrected chi connectivity index (χ1v) is 7.56. The molecule has 1 aliphatic heterocycles. The first kappa shape index (κ1) is 12.6. The van der Waals surface area contributed by atoms with Crippen LogP contribution < -0.4 is 0 Å². The summed E-state index contributed by atoms with van der Waals surface area (Å²) in [5.74, 6) is 0.107. The number of sulfone groups is 1. The Morgan fingerprint density at radius 2 is 2.06 bits per heavy atom. The average Bonchev–Trinajstić information content (AvgIpc) is 2.73. The molecule has 0 bridgehead atoms. The van der Waals surface area contributed by atoms with Crippen LogP contribution in [0.2, 0.25) is 0 Å². The van der Waals surface area contributed by atoms with E-state index in [0.717, 1.165) is 24.0 Å². The molecule has 1 unspecified atom stereocenters. The van der Waals surface area contributed by atoms with Gasteiger partial charge in [-0.25, -0.2) is 8.42 Å². The molecule has 1 saturated heterocycles. The van der Waals surface area contributed by atoms with E-state index in [0.29, 0.717) is 11.5 Å². The summed E-state index contributed by atoms with van der Waals surface area (Å²) >= 11 is 0. The molecule has 1 aliphatic rings. The molecule has 1 atom stereocenters. The number of hydrogen-bond donors (Lipinski definition) is 0. The summed E-state index contributed by atoms with van der Waals surface area (Å²) in [6, 6.07) is 5.30. The van der Waals surface area contributed by atoms with Gasteiger partial charge in [0.05, 0.1) is 16.8 Å².